The van der Waals surface area contributed by atoms with Gasteiger partial charge in [0, 0.05) is 12.1 Å². The fraction of sp³-hybridized carbons (Fsp3) is 0.556. The third-order valence-electron chi connectivity index (χ3n) is 4.28. The summed E-state index contributed by atoms with van der Waals surface area (Å²) in [5.74, 6) is -0.225. The second-order valence-corrected chi connectivity index (χ2v) is 6.66. The van der Waals surface area contributed by atoms with Crippen LogP contribution in [0.2, 0.25) is 0 Å². The van der Waals surface area contributed by atoms with Gasteiger partial charge in [-0.3, -0.25) is 9.59 Å². The van der Waals surface area contributed by atoms with Crippen molar-refractivity contribution in [2.24, 2.45) is 11.8 Å². The molecule has 0 saturated heterocycles. The molecule has 23 heavy (non-hydrogen) atoms. The molecule has 1 aromatic carbocycles. The van der Waals surface area contributed by atoms with E-state index in [1.165, 1.54) is 0 Å². The lowest BCUT2D eigenvalue weighted by atomic mass is 10.0. The summed E-state index contributed by atoms with van der Waals surface area (Å²) < 4.78 is 0. The summed E-state index contributed by atoms with van der Waals surface area (Å²) in [6.07, 6.45) is 1.56. The predicted molar refractivity (Wildman–Crippen MR) is 89.0 cm³/mol. The molecule has 1 saturated carbocycles. The van der Waals surface area contributed by atoms with E-state index in [1.807, 2.05) is 32.9 Å². The molecule has 2 rings (SSSR count). The number of carbonyl (C=O) groups is 2. The minimum Gasteiger partial charge on any atom is -0.391 e. The highest BCUT2D eigenvalue weighted by atomic mass is 16.3. The normalized spacial score (nSPS) is 16.7. The maximum Gasteiger partial charge on any atom is 0.252 e. The van der Waals surface area contributed by atoms with Crippen LogP contribution in [0.4, 0.5) is 0 Å². The van der Waals surface area contributed by atoms with Crippen LogP contribution in [0.25, 0.3) is 0 Å². The van der Waals surface area contributed by atoms with Crippen molar-refractivity contribution in [3.05, 3.63) is 35.4 Å². The standard InChI is InChI=1S/C18H26N2O3/c1-11(2)16(18(23)19-10-15(21)13-8-9-13)20-17(22)14-7-5-4-6-12(14)3/h4-7,11,13,15-16,21H,8-10H2,1-3H3,(H,19,23)(H,20,22)/t15-,16-/m0/s1. The van der Waals surface area contributed by atoms with Gasteiger partial charge >= 0.3 is 0 Å². The van der Waals surface area contributed by atoms with Crippen molar-refractivity contribution in [3.8, 4) is 0 Å². The number of hydrogen-bond acceptors (Lipinski definition) is 3. The Balaban J connectivity index is 1.96. The Morgan fingerprint density at radius 2 is 1.91 bits per heavy atom. The van der Waals surface area contributed by atoms with Gasteiger partial charge in [-0.05, 0) is 43.2 Å². The number of benzene rings is 1. The quantitative estimate of drug-likeness (QED) is 0.715. The van der Waals surface area contributed by atoms with Gasteiger partial charge in [-0.2, -0.15) is 0 Å². The predicted octanol–water partition coefficient (Wildman–Crippen LogP) is 1.64. The van der Waals surface area contributed by atoms with Crippen molar-refractivity contribution in [3.63, 3.8) is 0 Å². The molecule has 2 atom stereocenters. The van der Waals surface area contributed by atoms with Crippen LogP contribution in [0.5, 0.6) is 0 Å². The molecule has 1 aliphatic carbocycles. The first-order valence-corrected chi connectivity index (χ1v) is 8.22. The highest BCUT2D eigenvalue weighted by molar-refractivity contribution is 5.98. The summed E-state index contributed by atoms with van der Waals surface area (Å²) in [4.78, 5) is 24.7. The molecule has 1 aliphatic rings. The highest BCUT2D eigenvalue weighted by Gasteiger charge is 2.31. The molecule has 0 aliphatic heterocycles. The smallest absolute Gasteiger partial charge is 0.252 e. The number of amides is 2. The number of aliphatic hydroxyl groups is 1. The first-order chi connectivity index (χ1) is 10.9. The first kappa shape index (κ1) is 17.5. The summed E-state index contributed by atoms with van der Waals surface area (Å²) in [7, 11) is 0. The van der Waals surface area contributed by atoms with Gasteiger partial charge in [0.25, 0.3) is 5.91 Å². The summed E-state index contributed by atoms with van der Waals surface area (Å²) in [5, 5.41) is 15.4. The molecule has 5 nitrogen and oxygen atoms in total. The van der Waals surface area contributed by atoms with Crippen LogP contribution >= 0.6 is 0 Å². The monoisotopic (exact) mass is 318 g/mol. The van der Waals surface area contributed by atoms with E-state index in [-0.39, 0.29) is 24.3 Å². The lowest BCUT2D eigenvalue weighted by molar-refractivity contribution is -0.124. The van der Waals surface area contributed by atoms with Gasteiger partial charge in [-0.25, -0.2) is 0 Å². The van der Waals surface area contributed by atoms with Crippen LogP contribution in [0.15, 0.2) is 24.3 Å². The molecule has 1 aromatic rings. The minimum atomic E-state index is -0.617. The third-order valence-corrected chi connectivity index (χ3v) is 4.28. The van der Waals surface area contributed by atoms with Crippen LogP contribution in [-0.2, 0) is 4.79 Å². The largest absolute Gasteiger partial charge is 0.391 e. The number of carbonyl (C=O) groups excluding carboxylic acids is 2. The Labute approximate surface area is 137 Å². The van der Waals surface area contributed by atoms with E-state index in [9.17, 15) is 14.7 Å². The molecule has 126 valence electrons. The van der Waals surface area contributed by atoms with E-state index in [0.29, 0.717) is 11.5 Å². The van der Waals surface area contributed by atoms with Gasteiger partial charge in [0.1, 0.15) is 6.04 Å². The molecule has 0 heterocycles. The Hall–Kier alpha value is -1.88. The Morgan fingerprint density at radius 1 is 1.26 bits per heavy atom. The van der Waals surface area contributed by atoms with Crippen LogP contribution < -0.4 is 10.6 Å². The van der Waals surface area contributed by atoms with E-state index in [4.69, 9.17) is 0 Å². The van der Waals surface area contributed by atoms with Gasteiger partial charge in [0.15, 0.2) is 0 Å². The van der Waals surface area contributed by atoms with E-state index in [1.54, 1.807) is 12.1 Å². The zero-order valence-electron chi connectivity index (χ0n) is 14.0. The average molecular weight is 318 g/mol. The molecular formula is C18H26N2O3. The zero-order chi connectivity index (χ0) is 17.0. The van der Waals surface area contributed by atoms with E-state index < -0.39 is 12.1 Å². The lowest BCUT2D eigenvalue weighted by Crippen LogP contribution is -2.51. The van der Waals surface area contributed by atoms with Crippen LogP contribution in [0, 0.1) is 18.8 Å². The SMILES string of the molecule is Cc1ccccc1C(=O)N[C@H](C(=O)NC[C@H](O)C1CC1)C(C)C. The van der Waals surface area contributed by atoms with Crippen molar-refractivity contribution in [2.45, 2.75) is 45.8 Å². The maximum atomic E-state index is 12.4. The van der Waals surface area contributed by atoms with E-state index in [0.717, 1.165) is 18.4 Å². The summed E-state index contributed by atoms with van der Waals surface area (Å²) in [6, 6.07) is 6.67. The van der Waals surface area contributed by atoms with Gasteiger partial charge in [-0.1, -0.05) is 32.0 Å². The zero-order valence-corrected chi connectivity index (χ0v) is 14.0. The highest BCUT2D eigenvalue weighted by Crippen LogP contribution is 2.32. The molecule has 1 fully saturated rings. The minimum absolute atomic E-state index is 0.0407. The van der Waals surface area contributed by atoms with Crippen molar-refractivity contribution in [2.75, 3.05) is 6.54 Å². The van der Waals surface area contributed by atoms with Crippen molar-refractivity contribution < 1.29 is 14.7 Å². The summed E-state index contributed by atoms with van der Waals surface area (Å²) in [6.45, 7) is 5.89. The summed E-state index contributed by atoms with van der Waals surface area (Å²) in [5.41, 5.74) is 1.45. The van der Waals surface area contributed by atoms with Crippen molar-refractivity contribution in [1.29, 1.82) is 0 Å². The number of aliphatic hydroxyl groups excluding tert-OH is 1. The fourth-order valence-electron chi connectivity index (χ4n) is 2.54. The van der Waals surface area contributed by atoms with Gasteiger partial charge in [0.2, 0.25) is 5.91 Å². The molecule has 3 N–H and O–H groups in total. The molecule has 0 spiro atoms. The molecule has 0 bridgehead atoms. The van der Waals surface area contributed by atoms with E-state index >= 15 is 0 Å². The second-order valence-electron chi connectivity index (χ2n) is 6.66. The van der Waals surface area contributed by atoms with Crippen LogP contribution in [0.1, 0.15) is 42.6 Å². The van der Waals surface area contributed by atoms with Gasteiger partial charge < -0.3 is 15.7 Å². The number of rotatable bonds is 7. The average Bonchev–Trinajstić information content (AvgIpc) is 3.34. The maximum absolute atomic E-state index is 12.4. The topological polar surface area (TPSA) is 78.4 Å². The number of aryl methyl sites for hydroxylation is 1. The molecular weight excluding hydrogens is 292 g/mol. The molecule has 0 aromatic heterocycles. The Morgan fingerprint density at radius 3 is 2.48 bits per heavy atom. The molecule has 0 unspecified atom stereocenters. The van der Waals surface area contributed by atoms with Crippen LogP contribution in [0.3, 0.4) is 0 Å². The molecule has 5 heteroatoms. The van der Waals surface area contributed by atoms with Gasteiger partial charge in [-0.15, -0.1) is 0 Å². The van der Waals surface area contributed by atoms with E-state index in [2.05, 4.69) is 10.6 Å². The fourth-order valence-corrected chi connectivity index (χ4v) is 2.54. The lowest BCUT2D eigenvalue weighted by Gasteiger charge is -2.23. The third kappa shape index (κ3) is 4.79. The van der Waals surface area contributed by atoms with Crippen molar-refractivity contribution >= 4 is 11.8 Å². The number of nitrogens with one attached hydrogen (secondary N) is 2. The Kier molecular flexibility index (Phi) is 5.77. The molecule has 2 amide bonds. The van der Waals surface area contributed by atoms with Crippen molar-refractivity contribution in [1.82, 2.24) is 10.6 Å². The van der Waals surface area contributed by atoms with Gasteiger partial charge in [0.05, 0.1) is 6.10 Å². The second kappa shape index (κ2) is 7.59. The summed E-state index contributed by atoms with van der Waals surface area (Å²) >= 11 is 0. The van der Waals surface area contributed by atoms with Crippen LogP contribution in [-0.4, -0.2) is 35.6 Å². The first-order valence-electron chi connectivity index (χ1n) is 8.22. The number of hydrogen-bond donors (Lipinski definition) is 3. The Bertz CT molecular complexity index is 567. The molecule has 0 radical (unpaired) electrons.